The third-order valence-electron chi connectivity index (χ3n) is 4.17. The van der Waals surface area contributed by atoms with Gasteiger partial charge in [0, 0.05) is 17.2 Å². The zero-order valence-corrected chi connectivity index (χ0v) is 17.5. The largest absolute Gasteiger partial charge is 0.493 e. The van der Waals surface area contributed by atoms with Crippen molar-refractivity contribution >= 4 is 35.2 Å². The van der Waals surface area contributed by atoms with Gasteiger partial charge >= 0.3 is 5.97 Å². The number of nitrogens with zero attached hydrogens (tertiary/aromatic N) is 2. The van der Waals surface area contributed by atoms with Crippen molar-refractivity contribution in [1.82, 2.24) is 0 Å². The maximum atomic E-state index is 12.3. The van der Waals surface area contributed by atoms with Gasteiger partial charge in [0.1, 0.15) is 0 Å². The number of methoxy groups -OCH3 is 1. The Hall–Kier alpha value is -3.39. The molecule has 0 aliphatic carbocycles. The number of aryl methyl sites for hydroxylation is 1. The fourth-order valence-corrected chi connectivity index (χ4v) is 3.12. The first-order chi connectivity index (χ1) is 14.2. The molecule has 9 heteroatoms. The minimum absolute atomic E-state index is 0.0233. The highest BCUT2D eigenvalue weighted by Gasteiger charge is 2.25. The van der Waals surface area contributed by atoms with Crippen LogP contribution in [-0.2, 0) is 9.53 Å². The van der Waals surface area contributed by atoms with Crippen LogP contribution in [0.25, 0.3) is 6.08 Å². The van der Waals surface area contributed by atoms with Crippen molar-refractivity contribution < 1.29 is 23.9 Å². The van der Waals surface area contributed by atoms with Crippen molar-refractivity contribution in [3.05, 3.63) is 67.9 Å². The summed E-state index contributed by atoms with van der Waals surface area (Å²) in [5.74, 6) is 0.265. The van der Waals surface area contributed by atoms with E-state index in [9.17, 15) is 14.9 Å². The molecule has 0 bridgehead atoms. The summed E-state index contributed by atoms with van der Waals surface area (Å²) in [4.78, 5) is 27.0. The monoisotopic (exact) mass is 430 g/mol. The standard InChI is InChI=1S/C21H19ClN2O6/c1-11(2)29-19-15(22)8-13(10-18(19)28-4)9-16-21(25)30-20(23-16)14-5-6-17(24(26)27)12(3)7-14/h5-11H,1-4H3/b16-9-. The number of nitro groups is 1. The van der Waals surface area contributed by atoms with Gasteiger partial charge in [0.15, 0.2) is 17.2 Å². The first-order valence-electron chi connectivity index (χ1n) is 9.01. The average molecular weight is 431 g/mol. The molecule has 0 saturated carbocycles. The van der Waals surface area contributed by atoms with Gasteiger partial charge in [-0.1, -0.05) is 11.6 Å². The number of ether oxygens (including phenoxy) is 3. The highest BCUT2D eigenvalue weighted by molar-refractivity contribution is 6.32. The quantitative estimate of drug-likeness (QED) is 0.285. The van der Waals surface area contributed by atoms with Crippen LogP contribution in [-0.4, -0.2) is 30.0 Å². The second kappa shape index (κ2) is 8.54. The molecule has 1 aliphatic heterocycles. The fourth-order valence-electron chi connectivity index (χ4n) is 2.86. The molecule has 2 aromatic carbocycles. The van der Waals surface area contributed by atoms with E-state index in [0.717, 1.165) is 0 Å². The number of carbonyl (C=O) groups excluding carboxylic acids is 1. The molecular weight excluding hydrogens is 412 g/mol. The summed E-state index contributed by atoms with van der Waals surface area (Å²) in [7, 11) is 1.49. The van der Waals surface area contributed by atoms with Gasteiger partial charge in [0.2, 0.25) is 5.90 Å². The average Bonchev–Trinajstić information content (AvgIpc) is 3.03. The second-order valence-corrected chi connectivity index (χ2v) is 7.20. The van der Waals surface area contributed by atoms with Crippen molar-refractivity contribution in [3.63, 3.8) is 0 Å². The smallest absolute Gasteiger partial charge is 0.363 e. The minimum Gasteiger partial charge on any atom is -0.493 e. The predicted octanol–water partition coefficient (Wildman–Crippen LogP) is 4.70. The van der Waals surface area contributed by atoms with E-state index >= 15 is 0 Å². The van der Waals surface area contributed by atoms with Gasteiger partial charge in [-0.15, -0.1) is 0 Å². The Labute approximate surface area is 177 Å². The summed E-state index contributed by atoms with van der Waals surface area (Å²) in [6.45, 7) is 5.34. The molecule has 30 heavy (non-hydrogen) atoms. The van der Waals surface area contributed by atoms with Crippen LogP contribution in [0.1, 0.15) is 30.5 Å². The van der Waals surface area contributed by atoms with E-state index in [-0.39, 0.29) is 23.4 Å². The lowest BCUT2D eigenvalue weighted by Gasteiger charge is -2.15. The molecule has 0 fully saturated rings. The number of carbonyl (C=O) groups is 1. The highest BCUT2D eigenvalue weighted by atomic mass is 35.5. The van der Waals surface area contributed by atoms with E-state index in [4.69, 9.17) is 25.8 Å². The van der Waals surface area contributed by atoms with Crippen molar-refractivity contribution in [1.29, 1.82) is 0 Å². The van der Waals surface area contributed by atoms with E-state index in [1.165, 1.54) is 25.3 Å². The van der Waals surface area contributed by atoms with Crippen LogP contribution in [0.5, 0.6) is 11.5 Å². The highest BCUT2D eigenvalue weighted by Crippen LogP contribution is 2.38. The number of cyclic esters (lactones) is 1. The molecule has 0 spiro atoms. The molecule has 8 nitrogen and oxygen atoms in total. The fraction of sp³-hybridized carbons (Fsp3) is 0.238. The molecule has 1 heterocycles. The number of nitro benzene ring substituents is 1. The molecular formula is C21H19ClN2O6. The minimum atomic E-state index is -0.640. The molecule has 0 unspecified atom stereocenters. The van der Waals surface area contributed by atoms with E-state index < -0.39 is 10.9 Å². The van der Waals surface area contributed by atoms with Crippen LogP contribution in [0.15, 0.2) is 41.0 Å². The topological polar surface area (TPSA) is 100 Å². The Morgan fingerprint density at radius 1 is 1.27 bits per heavy atom. The number of esters is 1. The number of rotatable bonds is 6. The van der Waals surface area contributed by atoms with Gasteiger partial charge in [-0.3, -0.25) is 10.1 Å². The van der Waals surface area contributed by atoms with Crippen LogP contribution in [0.3, 0.4) is 0 Å². The first kappa shape index (κ1) is 21.3. The normalized spacial score (nSPS) is 14.7. The molecule has 0 atom stereocenters. The molecule has 0 amide bonds. The van der Waals surface area contributed by atoms with Crippen LogP contribution >= 0.6 is 11.6 Å². The van der Waals surface area contributed by atoms with Gasteiger partial charge in [0.25, 0.3) is 5.69 Å². The van der Waals surface area contributed by atoms with E-state index in [1.54, 1.807) is 25.1 Å². The molecule has 1 aliphatic rings. The third-order valence-corrected chi connectivity index (χ3v) is 4.45. The Morgan fingerprint density at radius 3 is 2.60 bits per heavy atom. The van der Waals surface area contributed by atoms with Crippen molar-refractivity contribution in [2.45, 2.75) is 26.9 Å². The molecule has 3 rings (SSSR count). The van der Waals surface area contributed by atoms with Crippen molar-refractivity contribution in [3.8, 4) is 11.5 Å². The molecule has 2 aromatic rings. The number of aliphatic imine (C=N–C) groups is 1. The summed E-state index contributed by atoms with van der Waals surface area (Å²) in [5.41, 5.74) is 1.52. The maximum absolute atomic E-state index is 12.3. The van der Waals surface area contributed by atoms with Gasteiger partial charge in [-0.25, -0.2) is 9.79 Å². The van der Waals surface area contributed by atoms with E-state index in [2.05, 4.69) is 4.99 Å². The lowest BCUT2D eigenvalue weighted by atomic mass is 10.1. The lowest BCUT2D eigenvalue weighted by molar-refractivity contribution is -0.385. The molecule has 0 radical (unpaired) electrons. The summed E-state index contributed by atoms with van der Waals surface area (Å²) >= 11 is 6.32. The van der Waals surface area contributed by atoms with Gasteiger partial charge in [0.05, 0.1) is 23.2 Å². The van der Waals surface area contributed by atoms with Gasteiger partial charge in [-0.2, -0.15) is 0 Å². The maximum Gasteiger partial charge on any atom is 0.363 e. The molecule has 0 N–H and O–H groups in total. The SMILES string of the molecule is COc1cc(/C=C2\N=C(c3ccc([N+](=O)[O-])c(C)c3)OC2=O)cc(Cl)c1OC(C)C. The summed E-state index contributed by atoms with van der Waals surface area (Å²) < 4.78 is 16.3. The lowest BCUT2D eigenvalue weighted by Crippen LogP contribution is -2.07. The number of hydrogen-bond acceptors (Lipinski definition) is 7. The van der Waals surface area contributed by atoms with E-state index in [0.29, 0.717) is 33.2 Å². The Kier molecular flexibility index (Phi) is 6.07. The van der Waals surface area contributed by atoms with Crippen molar-refractivity contribution in [2.24, 2.45) is 4.99 Å². The molecule has 0 aromatic heterocycles. The van der Waals surface area contributed by atoms with E-state index in [1.807, 2.05) is 13.8 Å². The summed E-state index contributed by atoms with van der Waals surface area (Å²) in [6.07, 6.45) is 1.42. The third kappa shape index (κ3) is 4.44. The zero-order chi connectivity index (χ0) is 22.0. The number of halogens is 1. The Balaban J connectivity index is 1.95. The number of hydrogen-bond donors (Lipinski definition) is 0. The van der Waals surface area contributed by atoms with Crippen LogP contribution < -0.4 is 9.47 Å². The second-order valence-electron chi connectivity index (χ2n) is 6.80. The van der Waals surface area contributed by atoms with Crippen LogP contribution in [0.2, 0.25) is 5.02 Å². The van der Waals surface area contributed by atoms with Crippen LogP contribution in [0, 0.1) is 17.0 Å². The summed E-state index contributed by atoms with van der Waals surface area (Å²) in [6, 6.07) is 7.68. The molecule has 156 valence electrons. The van der Waals surface area contributed by atoms with Gasteiger partial charge < -0.3 is 14.2 Å². The summed E-state index contributed by atoms with van der Waals surface area (Å²) in [5, 5.41) is 11.3. The molecule has 0 saturated heterocycles. The van der Waals surface area contributed by atoms with Crippen LogP contribution in [0.4, 0.5) is 5.69 Å². The van der Waals surface area contributed by atoms with Crippen molar-refractivity contribution in [2.75, 3.05) is 7.11 Å². The zero-order valence-electron chi connectivity index (χ0n) is 16.8. The number of benzene rings is 2. The Bertz CT molecular complexity index is 1090. The predicted molar refractivity (Wildman–Crippen MR) is 112 cm³/mol. The van der Waals surface area contributed by atoms with Gasteiger partial charge in [-0.05, 0) is 56.7 Å². The first-order valence-corrected chi connectivity index (χ1v) is 9.39. The Morgan fingerprint density at radius 2 is 2.00 bits per heavy atom.